The molecule has 2 aliphatic heterocycles. The average Bonchev–Trinajstić information content (AvgIpc) is 3.83. The Balaban J connectivity index is 1.30. The molecule has 0 saturated carbocycles. The summed E-state index contributed by atoms with van der Waals surface area (Å²) in [7, 11) is 0. The predicted octanol–water partition coefficient (Wildman–Crippen LogP) is 16.7. The van der Waals surface area contributed by atoms with E-state index >= 15 is 0 Å². The standard InChI is InChI=1S/C64H71BN2S/c1-58(2,3)36-20-22-37(23-21-36)67-49-34-45-42(60(6,7)25-28-63(45,12)13)31-40(49)54-55-56-52(53-38-18-16-17-19-51(38)68-57(53)54)39-30-41-44(62(10,11)27-24-59(41,4)5)33-48(39)66(56)50-35-46-43(32-47(50)65(55)67)61(8,9)26-29-64(46,14)15/h16-23,30-35H,24-29H2,1-15H3. The van der Waals surface area contributed by atoms with Crippen LogP contribution in [0.2, 0.25) is 0 Å². The van der Waals surface area contributed by atoms with Gasteiger partial charge < -0.3 is 9.38 Å². The molecule has 3 aliphatic carbocycles. The van der Waals surface area contributed by atoms with Crippen LogP contribution in [-0.4, -0.2) is 11.4 Å². The number of hydrogen-bond donors (Lipinski definition) is 0. The van der Waals surface area contributed by atoms with E-state index in [1.807, 2.05) is 11.3 Å². The Morgan fingerprint density at radius 2 is 1.01 bits per heavy atom. The monoisotopic (exact) mass is 911 g/mol. The van der Waals surface area contributed by atoms with Crippen LogP contribution in [0.3, 0.4) is 0 Å². The highest BCUT2D eigenvalue weighted by Crippen LogP contribution is 2.58. The Bertz CT molecular complexity index is 3560. The summed E-state index contributed by atoms with van der Waals surface area (Å²) in [5.74, 6) is 0. The van der Waals surface area contributed by atoms with Gasteiger partial charge in [-0.3, -0.25) is 0 Å². The van der Waals surface area contributed by atoms with Gasteiger partial charge >= 0.3 is 6.85 Å². The molecule has 4 heterocycles. The molecule has 0 atom stereocenters. The van der Waals surface area contributed by atoms with Gasteiger partial charge in [-0.25, -0.2) is 0 Å². The maximum atomic E-state index is 2.84. The molecule has 4 heteroatoms. The van der Waals surface area contributed by atoms with E-state index in [9.17, 15) is 0 Å². The smallest absolute Gasteiger partial charge is 0.333 e. The molecule has 0 N–H and O–H groups in total. The Hall–Kier alpha value is -4.80. The van der Waals surface area contributed by atoms with Gasteiger partial charge in [-0.05, 0) is 175 Å². The first-order valence-corrected chi connectivity index (χ1v) is 26.9. The number of fused-ring (bicyclic) bond motifs is 16. The lowest BCUT2D eigenvalue weighted by atomic mass is 9.43. The second-order valence-corrected chi connectivity index (χ2v) is 28.4. The number of hydrogen-bond acceptors (Lipinski definition) is 2. The highest BCUT2D eigenvalue weighted by molar-refractivity contribution is 7.27. The van der Waals surface area contributed by atoms with E-state index < -0.39 is 0 Å². The maximum absolute atomic E-state index is 2.84. The molecule has 2 nitrogen and oxygen atoms in total. The van der Waals surface area contributed by atoms with Gasteiger partial charge in [0, 0.05) is 59.1 Å². The molecular formula is C64H71BN2S. The highest BCUT2D eigenvalue weighted by atomic mass is 32.1. The van der Waals surface area contributed by atoms with E-state index in [0.29, 0.717) is 0 Å². The first-order valence-electron chi connectivity index (χ1n) is 26.1. The zero-order valence-electron chi connectivity index (χ0n) is 43.7. The Kier molecular flexibility index (Phi) is 8.35. The Labute approximate surface area is 410 Å². The quantitative estimate of drug-likeness (QED) is 0.149. The fraction of sp³-hybridized carbons (Fsp3) is 0.438. The number of anilines is 2. The third kappa shape index (κ3) is 5.59. The van der Waals surface area contributed by atoms with Crippen molar-refractivity contribution in [1.29, 1.82) is 0 Å². The van der Waals surface area contributed by atoms with Crippen LogP contribution in [0.1, 0.15) is 181 Å². The second kappa shape index (κ2) is 13.1. The van der Waals surface area contributed by atoms with Crippen LogP contribution in [-0.2, 0) is 37.9 Å². The number of benzene rings is 6. The van der Waals surface area contributed by atoms with Crippen LogP contribution in [0.4, 0.5) is 11.4 Å². The van der Waals surface area contributed by atoms with Gasteiger partial charge in [0.25, 0.3) is 0 Å². The number of aromatic nitrogens is 1. The molecule has 0 unspecified atom stereocenters. The third-order valence-corrected chi connectivity index (χ3v) is 20.3. The van der Waals surface area contributed by atoms with Gasteiger partial charge in [-0.1, -0.05) is 140 Å². The molecule has 6 aromatic carbocycles. The number of nitrogens with zero attached hydrogens (tertiary/aromatic N) is 2. The van der Waals surface area contributed by atoms with Gasteiger partial charge in [0.1, 0.15) is 0 Å². The van der Waals surface area contributed by atoms with Crippen LogP contribution in [0.5, 0.6) is 0 Å². The van der Waals surface area contributed by atoms with Crippen molar-refractivity contribution >= 4 is 82.5 Å². The zero-order valence-corrected chi connectivity index (χ0v) is 44.5. The van der Waals surface area contributed by atoms with E-state index in [4.69, 9.17) is 0 Å². The van der Waals surface area contributed by atoms with Crippen molar-refractivity contribution in [2.75, 3.05) is 4.81 Å². The van der Waals surface area contributed by atoms with E-state index in [0.717, 1.165) is 0 Å². The topological polar surface area (TPSA) is 8.17 Å². The van der Waals surface area contributed by atoms with Crippen molar-refractivity contribution < 1.29 is 0 Å². The first kappa shape index (κ1) is 43.2. The van der Waals surface area contributed by atoms with Crippen LogP contribution in [0, 0.1) is 0 Å². The minimum atomic E-state index is -0.0340. The highest BCUT2D eigenvalue weighted by Gasteiger charge is 2.50. The van der Waals surface area contributed by atoms with Crippen LogP contribution >= 0.6 is 11.3 Å². The molecule has 346 valence electrons. The van der Waals surface area contributed by atoms with Crippen LogP contribution in [0.15, 0.2) is 84.9 Å². The lowest BCUT2D eigenvalue weighted by molar-refractivity contribution is 0.332. The molecule has 0 spiro atoms. The second-order valence-electron chi connectivity index (χ2n) is 27.3. The molecule has 0 fully saturated rings. The minimum absolute atomic E-state index is 0.0340. The lowest BCUT2D eigenvalue weighted by Gasteiger charge is -2.47. The fourth-order valence-corrected chi connectivity index (χ4v) is 15.6. The molecule has 0 bridgehead atoms. The maximum Gasteiger partial charge on any atom is 0.333 e. The van der Waals surface area contributed by atoms with Crippen molar-refractivity contribution in [2.45, 2.75) is 180 Å². The van der Waals surface area contributed by atoms with E-state index in [1.54, 1.807) is 0 Å². The van der Waals surface area contributed by atoms with Gasteiger partial charge in [0.2, 0.25) is 0 Å². The molecule has 0 saturated heterocycles. The summed E-state index contributed by atoms with van der Waals surface area (Å²) in [6.45, 7) is 37.1. The molecule has 2 aromatic heterocycles. The summed E-state index contributed by atoms with van der Waals surface area (Å²) in [4.78, 5) is 2.84. The van der Waals surface area contributed by atoms with Crippen molar-refractivity contribution in [3.8, 4) is 16.8 Å². The Morgan fingerprint density at radius 1 is 0.515 bits per heavy atom. The summed E-state index contributed by atoms with van der Waals surface area (Å²) < 4.78 is 5.66. The number of thiophene rings is 1. The largest absolute Gasteiger partial charge is 0.376 e. The van der Waals surface area contributed by atoms with E-state index in [1.165, 1.54) is 159 Å². The predicted molar refractivity (Wildman–Crippen MR) is 297 cm³/mol. The molecule has 0 amide bonds. The van der Waals surface area contributed by atoms with Gasteiger partial charge in [0.05, 0.1) is 11.0 Å². The van der Waals surface area contributed by atoms with Crippen molar-refractivity contribution in [1.82, 2.24) is 4.57 Å². The third-order valence-electron chi connectivity index (χ3n) is 19.1. The minimum Gasteiger partial charge on any atom is -0.376 e. The fourth-order valence-electron chi connectivity index (χ4n) is 14.4. The SMILES string of the molecule is CC(C)(C)c1ccc(N2B3c4cc5c(cc4-n4c6cc7c(cc6c6c8c(sc9ccccc98)c(c3c64)-c3cc4c(cc32)C(C)(C)CCC4(C)C)C(C)(C)CCC7(C)C)C(C)(C)CCC5(C)C)cc1. The molecule has 5 aliphatic rings. The average molecular weight is 911 g/mol. The molecular weight excluding hydrogens is 840 g/mol. The normalized spacial score (nSPS) is 20.9. The molecule has 68 heavy (non-hydrogen) atoms. The summed E-state index contributed by atoms with van der Waals surface area (Å²) in [5.41, 5.74) is 23.7. The summed E-state index contributed by atoms with van der Waals surface area (Å²) in [5, 5.41) is 5.71. The number of rotatable bonds is 1. The zero-order chi connectivity index (χ0) is 47.8. The van der Waals surface area contributed by atoms with Crippen molar-refractivity contribution in [2.24, 2.45) is 0 Å². The molecule has 0 radical (unpaired) electrons. The molecule has 8 aromatic rings. The van der Waals surface area contributed by atoms with Gasteiger partial charge in [-0.2, -0.15) is 0 Å². The van der Waals surface area contributed by atoms with Crippen LogP contribution in [0.25, 0.3) is 58.8 Å². The summed E-state index contributed by atoms with van der Waals surface area (Å²) >= 11 is 2.04. The Morgan fingerprint density at radius 3 is 1.59 bits per heavy atom. The van der Waals surface area contributed by atoms with Crippen LogP contribution < -0.4 is 15.7 Å². The first-order chi connectivity index (χ1) is 31.8. The molecule has 13 rings (SSSR count). The van der Waals surface area contributed by atoms with Crippen molar-refractivity contribution in [3.63, 3.8) is 0 Å². The van der Waals surface area contributed by atoms with Gasteiger partial charge in [0.15, 0.2) is 0 Å². The van der Waals surface area contributed by atoms with E-state index in [-0.39, 0.29) is 44.8 Å². The van der Waals surface area contributed by atoms with Gasteiger partial charge in [-0.15, -0.1) is 11.3 Å². The summed E-state index contributed by atoms with van der Waals surface area (Å²) in [6, 6.07) is 35.4. The lowest BCUT2D eigenvalue weighted by Crippen LogP contribution is -2.61. The summed E-state index contributed by atoms with van der Waals surface area (Å²) in [6.07, 6.45) is 7.14. The van der Waals surface area contributed by atoms with E-state index in [2.05, 4.69) is 198 Å². The van der Waals surface area contributed by atoms with Crippen molar-refractivity contribution in [3.05, 3.63) is 124 Å².